The van der Waals surface area contributed by atoms with Crippen LogP contribution in [0.3, 0.4) is 0 Å². The molecule has 0 aliphatic rings. The zero-order valence-electron chi connectivity index (χ0n) is 13.9. The molecule has 0 saturated heterocycles. The SMILES string of the molecule is CNC(CCN(CCOC)CCOC)c1ccccc1C. The number of hydrogen-bond donors (Lipinski definition) is 1. The Morgan fingerprint density at radius 2 is 1.67 bits per heavy atom. The van der Waals surface area contributed by atoms with E-state index in [1.54, 1.807) is 14.2 Å². The van der Waals surface area contributed by atoms with Crippen LogP contribution in [-0.4, -0.2) is 59.0 Å². The fourth-order valence-corrected chi connectivity index (χ4v) is 2.52. The Morgan fingerprint density at radius 1 is 1.05 bits per heavy atom. The van der Waals surface area contributed by atoms with Gasteiger partial charge in [0.2, 0.25) is 0 Å². The van der Waals surface area contributed by atoms with Crippen molar-refractivity contribution in [1.29, 1.82) is 0 Å². The number of benzene rings is 1. The molecule has 1 N–H and O–H groups in total. The minimum Gasteiger partial charge on any atom is -0.383 e. The van der Waals surface area contributed by atoms with E-state index in [0.717, 1.165) is 39.3 Å². The van der Waals surface area contributed by atoms with Crippen molar-refractivity contribution < 1.29 is 9.47 Å². The molecule has 1 rings (SSSR count). The van der Waals surface area contributed by atoms with Crippen molar-refractivity contribution in [2.45, 2.75) is 19.4 Å². The van der Waals surface area contributed by atoms with E-state index in [2.05, 4.69) is 41.4 Å². The third-order valence-electron chi connectivity index (χ3n) is 3.87. The Balaban J connectivity index is 2.56. The standard InChI is InChI=1S/C17H30N2O2/c1-15-7-5-6-8-16(15)17(18-2)9-10-19(11-13-20-3)12-14-21-4/h5-8,17-18H,9-14H2,1-4H3. The van der Waals surface area contributed by atoms with Crippen LogP contribution in [0.4, 0.5) is 0 Å². The summed E-state index contributed by atoms with van der Waals surface area (Å²) in [5, 5.41) is 3.44. The van der Waals surface area contributed by atoms with Crippen LogP contribution in [0.25, 0.3) is 0 Å². The highest BCUT2D eigenvalue weighted by atomic mass is 16.5. The van der Waals surface area contributed by atoms with Crippen molar-refractivity contribution in [2.75, 3.05) is 54.1 Å². The molecule has 0 aromatic heterocycles. The third kappa shape index (κ3) is 6.57. The number of methoxy groups -OCH3 is 2. The molecule has 0 saturated carbocycles. The summed E-state index contributed by atoms with van der Waals surface area (Å²) >= 11 is 0. The molecule has 0 amide bonds. The Kier molecular flexibility index (Phi) is 9.26. The lowest BCUT2D eigenvalue weighted by Crippen LogP contribution is -2.33. The number of hydrogen-bond acceptors (Lipinski definition) is 4. The summed E-state index contributed by atoms with van der Waals surface area (Å²) in [6, 6.07) is 8.98. The Bertz CT molecular complexity index is 377. The number of rotatable bonds is 11. The molecule has 1 unspecified atom stereocenters. The summed E-state index contributed by atoms with van der Waals surface area (Å²) in [5.41, 5.74) is 2.73. The molecule has 4 heteroatoms. The third-order valence-corrected chi connectivity index (χ3v) is 3.87. The zero-order valence-corrected chi connectivity index (χ0v) is 13.9. The van der Waals surface area contributed by atoms with Crippen LogP contribution in [0.5, 0.6) is 0 Å². The molecule has 4 nitrogen and oxygen atoms in total. The normalized spacial score (nSPS) is 12.8. The number of nitrogens with one attached hydrogen (secondary N) is 1. The van der Waals surface area contributed by atoms with Crippen molar-refractivity contribution in [3.63, 3.8) is 0 Å². The fourth-order valence-electron chi connectivity index (χ4n) is 2.52. The fraction of sp³-hybridized carbons (Fsp3) is 0.647. The first-order valence-electron chi connectivity index (χ1n) is 7.66. The summed E-state index contributed by atoms with van der Waals surface area (Å²) < 4.78 is 10.4. The van der Waals surface area contributed by atoms with Gasteiger partial charge in [0.15, 0.2) is 0 Å². The highest BCUT2D eigenvalue weighted by molar-refractivity contribution is 5.28. The molecule has 0 aliphatic carbocycles. The van der Waals surface area contributed by atoms with E-state index < -0.39 is 0 Å². The highest BCUT2D eigenvalue weighted by Gasteiger charge is 2.13. The average Bonchev–Trinajstić information content (AvgIpc) is 2.51. The van der Waals surface area contributed by atoms with Crippen molar-refractivity contribution >= 4 is 0 Å². The average molecular weight is 294 g/mol. The lowest BCUT2D eigenvalue weighted by Gasteiger charge is -2.25. The smallest absolute Gasteiger partial charge is 0.0589 e. The van der Waals surface area contributed by atoms with Crippen molar-refractivity contribution in [3.8, 4) is 0 Å². The summed E-state index contributed by atoms with van der Waals surface area (Å²) in [4.78, 5) is 2.40. The molecule has 0 spiro atoms. The second-order valence-corrected chi connectivity index (χ2v) is 5.31. The van der Waals surface area contributed by atoms with Crippen LogP contribution in [0.2, 0.25) is 0 Å². The van der Waals surface area contributed by atoms with Gasteiger partial charge in [0.1, 0.15) is 0 Å². The van der Waals surface area contributed by atoms with Crippen LogP contribution >= 0.6 is 0 Å². The molecule has 21 heavy (non-hydrogen) atoms. The Morgan fingerprint density at radius 3 is 2.19 bits per heavy atom. The summed E-state index contributed by atoms with van der Waals surface area (Å²) in [7, 11) is 5.53. The van der Waals surface area contributed by atoms with E-state index in [4.69, 9.17) is 9.47 Å². The van der Waals surface area contributed by atoms with Crippen molar-refractivity contribution in [2.24, 2.45) is 0 Å². The Hall–Kier alpha value is -0.940. The molecule has 1 aromatic carbocycles. The summed E-state index contributed by atoms with van der Waals surface area (Å²) in [5.74, 6) is 0. The lowest BCUT2D eigenvalue weighted by molar-refractivity contribution is 0.111. The number of ether oxygens (including phenoxy) is 2. The largest absolute Gasteiger partial charge is 0.383 e. The van der Waals surface area contributed by atoms with Gasteiger partial charge in [-0.2, -0.15) is 0 Å². The van der Waals surface area contributed by atoms with E-state index in [1.165, 1.54) is 11.1 Å². The van der Waals surface area contributed by atoms with Crippen LogP contribution in [-0.2, 0) is 9.47 Å². The van der Waals surface area contributed by atoms with Gasteiger partial charge in [0.25, 0.3) is 0 Å². The maximum absolute atomic E-state index is 5.19. The van der Waals surface area contributed by atoms with Crippen molar-refractivity contribution in [1.82, 2.24) is 10.2 Å². The predicted octanol–water partition coefficient (Wildman–Crippen LogP) is 2.24. The first kappa shape index (κ1) is 18.1. The van der Waals surface area contributed by atoms with Crippen LogP contribution < -0.4 is 5.32 Å². The first-order valence-corrected chi connectivity index (χ1v) is 7.66. The maximum Gasteiger partial charge on any atom is 0.0589 e. The van der Waals surface area contributed by atoms with Crippen LogP contribution in [0, 0.1) is 6.92 Å². The van der Waals surface area contributed by atoms with Gasteiger partial charge in [0, 0.05) is 39.9 Å². The quantitative estimate of drug-likeness (QED) is 0.679. The van der Waals surface area contributed by atoms with Gasteiger partial charge in [-0.3, -0.25) is 4.90 Å². The highest BCUT2D eigenvalue weighted by Crippen LogP contribution is 2.20. The van der Waals surface area contributed by atoms with Gasteiger partial charge in [-0.25, -0.2) is 0 Å². The molecule has 1 atom stereocenters. The first-order chi connectivity index (χ1) is 10.2. The van der Waals surface area contributed by atoms with E-state index >= 15 is 0 Å². The molecule has 0 heterocycles. The lowest BCUT2D eigenvalue weighted by atomic mass is 9.99. The van der Waals surface area contributed by atoms with Crippen molar-refractivity contribution in [3.05, 3.63) is 35.4 Å². The molecule has 1 aromatic rings. The minimum absolute atomic E-state index is 0.388. The van der Waals surface area contributed by atoms with Gasteiger partial charge in [-0.1, -0.05) is 24.3 Å². The molecule has 0 radical (unpaired) electrons. The number of nitrogens with zero attached hydrogens (tertiary/aromatic N) is 1. The van der Waals surface area contributed by atoms with Crippen LogP contribution in [0.1, 0.15) is 23.6 Å². The molecular weight excluding hydrogens is 264 g/mol. The number of aryl methyl sites for hydroxylation is 1. The molecule has 0 aliphatic heterocycles. The van der Waals surface area contributed by atoms with Crippen LogP contribution in [0.15, 0.2) is 24.3 Å². The van der Waals surface area contributed by atoms with Gasteiger partial charge >= 0.3 is 0 Å². The molecule has 0 fully saturated rings. The Labute approximate surface area is 129 Å². The van der Waals surface area contributed by atoms with Gasteiger partial charge in [-0.05, 0) is 31.5 Å². The van der Waals surface area contributed by atoms with E-state index in [1.807, 2.05) is 7.05 Å². The maximum atomic E-state index is 5.19. The minimum atomic E-state index is 0.388. The summed E-state index contributed by atoms with van der Waals surface area (Å²) in [6.45, 7) is 6.63. The topological polar surface area (TPSA) is 33.7 Å². The predicted molar refractivity (Wildman–Crippen MR) is 87.8 cm³/mol. The van der Waals surface area contributed by atoms with Gasteiger partial charge < -0.3 is 14.8 Å². The second kappa shape index (κ2) is 10.7. The second-order valence-electron chi connectivity index (χ2n) is 5.31. The molecule has 120 valence electrons. The van der Waals surface area contributed by atoms with E-state index in [9.17, 15) is 0 Å². The molecular formula is C17H30N2O2. The molecule has 0 bridgehead atoms. The van der Waals surface area contributed by atoms with E-state index in [0.29, 0.717) is 6.04 Å². The van der Waals surface area contributed by atoms with E-state index in [-0.39, 0.29) is 0 Å². The monoisotopic (exact) mass is 294 g/mol. The van der Waals surface area contributed by atoms with Gasteiger partial charge in [0.05, 0.1) is 13.2 Å². The summed E-state index contributed by atoms with van der Waals surface area (Å²) in [6.07, 6.45) is 1.08. The van der Waals surface area contributed by atoms with Gasteiger partial charge in [-0.15, -0.1) is 0 Å². The zero-order chi connectivity index (χ0) is 15.5.